The molecule has 2 saturated heterocycles. The number of hydrogen-bond donors (Lipinski definition) is 3. The molecule has 3 fully saturated rings. The standard InChI is InChI=1S/C36H49FN6O10S/c1-35(2,3)53-33(47)38-28-13-8-6-4-5-7-11-24-19-36(24,32(46)40-54(49,50)42-14-16-51-17-15-42)39-30(44)29-18-25(21-43(29)31(28)45)52-34(48)41-20-23-10-9-12-27(37)26(23)22-41/h7,9-12,24-25,28-29H,4-6,8,13-22H2,1-3H3,(H,38,47)(H,39,44)(H,40,46)/b11-7-/t24-,25-,28+,29+,36-/m1/s1. The van der Waals surface area contributed by atoms with Gasteiger partial charge in [0.1, 0.15) is 35.1 Å². The molecule has 1 saturated carbocycles. The molecule has 0 spiro atoms. The molecule has 0 radical (unpaired) electrons. The number of carbonyl (C=O) groups excluding carboxylic acids is 5. The van der Waals surface area contributed by atoms with Crippen molar-refractivity contribution in [2.75, 3.05) is 32.8 Å². The molecule has 0 unspecified atom stereocenters. The van der Waals surface area contributed by atoms with E-state index in [1.807, 2.05) is 6.08 Å². The Morgan fingerprint density at radius 3 is 2.56 bits per heavy atom. The molecular weight excluding hydrogens is 727 g/mol. The number of halogens is 1. The van der Waals surface area contributed by atoms with Crippen LogP contribution in [0.1, 0.15) is 76.8 Å². The number of nitrogens with zero attached hydrogens (tertiary/aromatic N) is 3. The van der Waals surface area contributed by atoms with Gasteiger partial charge in [-0.25, -0.2) is 18.7 Å². The highest BCUT2D eigenvalue weighted by molar-refractivity contribution is 7.87. The van der Waals surface area contributed by atoms with E-state index in [1.165, 1.54) is 15.9 Å². The van der Waals surface area contributed by atoms with Gasteiger partial charge in [0.25, 0.3) is 5.91 Å². The predicted octanol–water partition coefficient (Wildman–Crippen LogP) is 2.23. The van der Waals surface area contributed by atoms with Gasteiger partial charge in [0.2, 0.25) is 11.8 Å². The van der Waals surface area contributed by atoms with Crippen molar-refractivity contribution in [3.05, 3.63) is 47.3 Å². The zero-order chi connectivity index (χ0) is 38.8. The first kappa shape index (κ1) is 39.4. The number of benzene rings is 1. The fraction of sp³-hybridized carbons (Fsp3) is 0.639. The van der Waals surface area contributed by atoms with Crippen LogP contribution in [0.25, 0.3) is 0 Å². The summed E-state index contributed by atoms with van der Waals surface area (Å²) in [5.74, 6) is -3.23. The Kier molecular flexibility index (Phi) is 11.5. The van der Waals surface area contributed by atoms with Gasteiger partial charge in [0.15, 0.2) is 0 Å². The smallest absolute Gasteiger partial charge is 0.410 e. The summed E-state index contributed by atoms with van der Waals surface area (Å²) in [5.41, 5.74) is -1.45. The van der Waals surface area contributed by atoms with E-state index in [2.05, 4.69) is 15.4 Å². The van der Waals surface area contributed by atoms with Crippen molar-refractivity contribution in [2.24, 2.45) is 5.92 Å². The van der Waals surface area contributed by atoms with Crippen LogP contribution >= 0.6 is 0 Å². The average molecular weight is 777 g/mol. The van der Waals surface area contributed by atoms with E-state index in [4.69, 9.17) is 14.2 Å². The molecule has 5 amide bonds. The molecule has 1 aromatic carbocycles. The number of rotatable bonds is 5. The first-order valence-electron chi connectivity index (χ1n) is 18.5. The lowest BCUT2D eigenvalue weighted by Gasteiger charge is -2.31. The highest BCUT2D eigenvalue weighted by Gasteiger charge is 2.62. The number of morpholine rings is 1. The molecule has 0 aromatic heterocycles. The molecule has 18 heteroatoms. The average Bonchev–Trinajstić information content (AvgIpc) is 3.40. The van der Waals surface area contributed by atoms with Crippen LogP contribution in [0.3, 0.4) is 0 Å². The molecule has 3 N–H and O–H groups in total. The van der Waals surface area contributed by atoms with Crippen molar-refractivity contribution < 1.29 is 51.0 Å². The molecule has 5 aliphatic rings. The van der Waals surface area contributed by atoms with E-state index in [9.17, 15) is 36.8 Å². The van der Waals surface area contributed by atoms with Crippen LogP contribution in [0.15, 0.2) is 30.4 Å². The topological polar surface area (TPSA) is 193 Å². The lowest BCUT2D eigenvalue weighted by atomic mass is 10.0. The number of carbonyl (C=O) groups is 5. The zero-order valence-corrected chi connectivity index (χ0v) is 31.6. The molecule has 296 valence electrons. The van der Waals surface area contributed by atoms with Crippen molar-refractivity contribution in [3.63, 3.8) is 0 Å². The van der Waals surface area contributed by atoms with Gasteiger partial charge >= 0.3 is 22.4 Å². The Labute approximate surface area is 314 Å². The third-order valence-corrected chi connectivity index (χ3v) is 11.8. The second-order valence-corrected chi connectivity index (χ2v) is 17.1. The molecule has 5 atom stereocenters. The third-order valence-electron chi connectivity index (χ3n) is 10.3. The molecule has 16 nitrogen and oxygen atoms in total. The van der Waals surface area contributed by atoms with E-state index in [0.717, 1.165) is 10.7 Å². The van der Waals surface area contributed by atoms with E-state index in [-0.39, 0.29) is 65.2 Å². The molecule has 4 heterocycles. The highest BCUT2D eigenvalue weighted by Crippen LogP contribution is 2.46. The number of ether oxygens (including phenoxy) is 3. The zero-order valence-electron chi connectivity index (χ0n) is 30.8. The SMILES string of the molecule is CC(C)(C)OC(=O)N[C@H]1CCCCC/C=C\[C@@H]2C[C@@]2(C(=O)NS(=O)(=O)N2CCOCC2)NC(=O)[C@@H]2C[C@@H](OC(=O)N3Cc4cccc(F)c4C3)CN2C1=O. The number of amides is 5. The Morgan fingerprint density at radius 1 is 1.07 bits per heavy atom. The second-order valence-electron chi connectivity index (χ2n) is 15.5. The molecule has 4 aliphatic heterocycles. The summed E-state index contributed by atoms with van der Waals surface area (Å²) in [6, 6.07) is 2.24. The number of allylic oxidation sites excluding steroid dienone is 1. The molecule has 1 aromatic rings. The van der Waals surface area contributed by atoms with E-state index in [1.54, 1.807) is 39.0 Å². The summed E-state index contributed by atoms with van der Waals surface area (Å²) in [5, 5.41) is 5.45. The Balaban J connectivity index is 1.25. The number of hydrogen-bond acceptors (Lipinski definition) is 10. The van der Waals surface area contributed by atoms with Crippen molar-refractivity contribution in [1.29, 1.82) is 0 Å². The summed E-state index contributed by atoms with van der Waals surface area (Å²) in [4.78, 5) is 71.3. The number of fused-ring (bicyclic) bond motifs is 3. The summed E-state index contributed by atoms with van der Waals surface area (Å²) < 4.78 is 60.6. The summed E-state index contributed by atoms with van der Waals surface area (Å²) in [6.45, 7) is 5.42. The fourth-order valence-corrected chi connectivity index (χ4v) is 8.58. The van der Waals surface area contributed by atoms with Crippen LogP contribution in [-0.4, -0.2) is 115 Å². The highest BCUT2D eigenvalue weighted by atomic mass is 32.2. The summed E-state index contributed by atoms with van der Waals surface area (Å²) in [6.07, 6.45) is 3.99. The molecule has 6 rings (SSSR count). The molecular formula is C36H49FN6O10S. The minimum Gasteiger partial charge on any atom is -0.444 e. The van der Waals surface area contributed by atoms with Crippen LogP contribution in [0, 0.1) is 11.7 Å². The van der Waals surface area contributed by atoms with Gasteiger partial charge in [-0.1, -0.05) is 37.1 Å². The quantitative estimate of drug-likeness (QED) is 0.374. The summed E-state index contributed by atoms with van der Waals surface area (Å²) >= 11 is 0. The lowest BCUT2D eigenvalue weighted by Crippen LogP contribution is -2.59. The molecule has 0 bridgehead atoms. The molecule has 54 heavy (non-hydrogen) atoms. The second kappa shape index (κ2) is 15.8. The molecule has 1 aliphatic carbocycles. The maximum absolute atomic E-state index is 14.4. The Hall–Kier alpha value is -4.29. The van der Waals surface area contributed by atoms with Crippen LogP contribution in [0.5, 0.6) is 0 Å². The maximum Gasteiger partial charge on any atom is 0.410 e. The normalized spacial score (nSPS) is 28.7. The number of alkyl carbamates (subject to hydrolysis) is 1. The van der Waals surface area contributed by atoms with Crippen molar-refractivity contribution in [3.8, 4) is 0 Å². The predicted molar refractivity (Wildman–Crippen MR) is 190 cm³/mol. The first-order valence-corrected chi connectivity index (χ1v) is 19.9. The third kappa shape index (κ3) is 8.97. The van der Waals surface area contributed by atoms with Crippen molar-refractivity contribution >= 4 is 40.1 Å². The minimum atomic E-state index is -4.26. The van der Waals surface area contributed by atoms with Gasteiger partial charge in [-0.3, -0.25) is 19.3 Å². The Bertz CT molecular complexity index is 1780. The van der Waals surface area contributed by atoms with Crippen LogP contribution in [0.2, 0.25) is 0 Å². The van der Waals surface area contributed by atoms with E-state index >= 15 is 0 Å². The first-order chi connectivity index (χ1) is 25.6. The van der Waals surface area contributed by atoms with Crippen LogP contribution in [0.4, 0.5) is 14.0 Å². The minimum absolute atomic E-state index is 0.0120. The lowest BCUT2D eigenvalue weighted by molar-refractivity contribution is -0.141. The van der Waals surface area contributed by atoms with Gasteiger partial charge in [-0.15, -0.1) is 0 Å². The van der Waals surface area contributed by atoms with E-state index in [0.29, 0.717) is 30.4 Å². The number of nitrogens with one attached hydrogen (secondary N) is 3. The fourth-order valence-electron chi connectivity index (χ4n) is 7.40. The van der Waals surface area contributed by atoms with Crippen LogP contribution < -0.4 is 15.4 Å². The maximum atomic E-state index is 14.4. The van der Waals surface area contributed by atoms with Gasteiger partial charge in [0.05, 0.1) is 26.3 Å². The van der Waals surface area contributed by atoms with Crippen LogP contribution in [-0.2, 0) is 51.9 Å². The van der Waals surface area contributed by atoms with Gasteiger partial charge in [-0.2, -0.15) is 12.7 Å². The van der Waals surface area contributed by atoms with Gasteiger partial charge in [0, 0.05) is 37.5 Å². The van der Waals surface area contributed by atoms with Gasteiger partial charge in [-0.05, 0) is 58.1 Å². The largest absolute Gasteiger partial charge is 0.444 e. The Morgan fingerprint density at radius 2 is 1.83 bits per heavy atom. The van der Waals surface area contributed by atoms with Crippen molar-refractivity contribution in [1.82, 2.24) is 29.5 Å². The summed E-state index contributed by atoms with van der Waals surface area (Å²) in [7, 11) is -4.26. The van der Waals surface area contributed by atoms with Gasteiger partial charge < -0.3 is 29.7 Å². The van der Waals surface area contributed by atoms with E-state index < -0.39 is 81.2 Å². The van der Waals surface area contributed by atoms with Crippen molar-refractivity contribution in [2.45, 2.75) is 108 Å². The monoisotopic (exact) mass is 776 g/mol.